The summed E-state index contributed by atoms with van der Waals surface area (Å²) in [7, 11) is 7.73. The van der Waals surface area contributed by atoms with Gasteiger partial charge in [0.15, 0.2) is 0 Å². The van der Waals surface area contributed by atoms with E-state index in [9.17, 15) is 14.9 Å². The molecule has 0 saturated heterocycles. The third kappa shape index (κ3) is 9.56. The van der Waals surface area contributed by atoms with E-state index >= 15 is 0 Å². The summed E-state index contributed by atoms with van der Waals surface area (Å²) in [5.74, 6) is 1.12. The second-order valence-corrected chi connectivity index (χ2v) is 12.0. The Labute approximate surface area is 287 Å². The number of methoxy groups -OCH3 is 1. The maximum absolute atomic E-state index is 13.9. The number of allylic oxidation sites excluding steroid dienone is 1. The Balaban J connectivity index is 1.42. The van der Waals surface area contributed by atoms with E-state index in [2.05, 4.69) is 35.7 Å². The zero-order valence-corrected chi connectivity index (χ0v) is 28.2. The Morgan fingerprint density at radius 1 is 0.959 bits per heavy atom. The number of anilines is 6. The first-order valence-corrected chi connectivity index (χ1v) is 16.0. The highest BCUT2D eigenvalue weighted by Crippen LogP contribution is 2.34. The largest absolute Gasteiger partial charge is 0.494 e. The van der Waals surface area contributed by atoms with Crippen LogP contribution in [0.1, 0.15) is 18.4 Å². The fourth-order valence-electron chi connectivity index (χ4n) is 4.97. The number of benzene rings is 3. The molecule has 1 aliphatic carbocycles. The molecule has 12 heteroatoms. The number of aromatic nitrogens is 2. The van der Waals surface area contributed by atoms with Crippen LogP contribution in [0.15, 0.2) is 96.8 Å². The van der Waals surface area contributed by atoms with E-state index in [-0.39, 0.29) is 23.9 Å². The monoisotopic (exact) mass is 659 g/mol. The average Bonchev–Trinajstić information content (AvgIpc) is 3.94. The zero-order chi connectivity index (χ0) is 34.8. The topological polar surface area (TPSA) is 139 Å². The van der Waals surface area contributed by atoms with Gasteiger partial charge in [0.1, 0.15) is 35.4 Å². The molecule has 3 N–H and O–H groups in total. The number of hydrogen-bond acceptors (Lipinski definition) is 9. The summed E-state index contributed by atoms with van der Waals surface area (Å²) in [6.45, 7) is 2.04. The van der Waals surface area contributed by atoms with E-state index in [1.807, 2.05) is 75.7 Å². The maximum atomic E-state index is 13.9. The molecule has 0 radical (unpaired) electrons. The highest BCUT2D eigenvalue weighted by molar-refractivity contribution is 6.07. The van der Waals surface area contributed by atoms with Gasteiger partial charge in [0, 0.05) is 50.2 Å². The first kappa shape index (κ1) is 34.4. The summed E-state index contributed by atoms with van der Waals surface area (Å²) in [4.78, 5) is 41.3. The van der Waals surface area contributed by atoms with Crippen molar-refractivity contribution in [2.75, 3.05) is 61.8 Å². The van der Waals surface area contributed by atoms with Crippen LogP contribution in [0.3, 0.4) is 0 Å². The van der Waals surface area contributed by atoms with Crippen LogP contribution in [0.5, 0.6) is 5.75 Å². The lowest BCUT2D eigenvalue weighted by molar-refractivity contribution is -0.112. The quantitative estimate of drug-likeness (QED) is 0.109. The van der Waals surface area contributed by atoms with Crippen molar-refractivity contribution >= 4 is 46.3 Å². The molecule has 3 aromatic carbocycles. The third-order valence-corrected chi connectivity index (χ3v) is 7.89. The lowest BCUT2D eigenvalue weighted by Crippen LogP contribution is -2.37. The number of amides is 3. The smallest absolute Gasteiger partial charge is 0.327 e. The summed E-state index contributed by atoms with van der Waals surface area (Å²) in [5.41, 5.74) is 3.56. The number of nitrogens with zero attached hydrogens (tertiary/aromatic N) is 6. The number of hydrogen-bond donors (Lipinski definition) is 3. The first-order valence-electron chi connectivity index (χ1n) is 16.0. The van der Waals surface area contributed by atoms with Gasteiger partial charge in [0.25, 0.3) is 5.91 Å². The van der Waals surface area contributed by atoms with E-state index in [0.29, 0.717) is 28.6 Å². The van der Waals surface area contributed by atoms with Crippen molar-refractivity contribution in [3.63, 3.8) is 0 Å². The van der Waals surface area contributed by atoms with Crippen LogP contribution in [0.25, 0.3) is 0 Å². The van der Waals surface area contributed by atoms with E-state index < -0.39 is 11.9 Å². The van der Waals surface area contributed by atoms with Gasteiger partial charge >= 0.3 is 6.03 Å². The molecule has 1 aliphatic rings. The molecule has 0 unspecified atom stereocenters. The number of ether oxygens (including phenoxy) is 1. The van der Waals surface area contributed by atoms with Crippen molar-refractivity contribution in [2.45, 2.75) is 19.4 Å². The molecule has 252 valence electrons. The number of nitriles is 1. The molecule has 12 nitrogen and oxygen atoms in total. The van der Waals surface area contributed by atoms with Crippen LogP contribution in [0.2, 0.25) is 0 Å². The molecule has 4 aromatic rings. The van der Waals surface area contributed by atoms with Gasteiger partial charge in [0.05, 0.1) is 18.5 Å². The first-order chi connectivity index (χ1) is 23.7. The Morgan fingerprint density at radius 2 is 1.76 bits per heavy atom. The van der Waals surface area contributed by atoms with Crippen LogP contribution in [0, 0.1) is 17.2 Å². The van der Waals surface area contributed by atoms with E-state index in [1.54, 1.807) is 43.5 Å². The summed E-state index contributed by atoms with van der Waals surface area (Å²) in [6, 6.07) is 25.5. The van der Waals surface area contributed by atoms with Gasteiger partial charge in [-0.2, -0.15) is 5.26 Å². The van der Waals surface area contributed by atoms with Gasteiger partial charge in [-0.05, 0) is 68.8 Å². The van der Waals surface area contributed by atoms with Crippen molar-refractivity contribution < 1.29 is 14.3 Å². The van der Waals surface area contributed by atoms with Gasteiger partial charge in [-0.3, -0.25) is 4.79 Å². The van der Waals surface area contributed by atoms with Gasteiger partial charge in [0.2, 0.25) is 0 Å². The minimum absolute atomic E-state index is 0.0700. The summed E-state index contributed by atoms with van der Waals surface area (Å²) in [5, 5.41) is 18.6. The second-order valence-electron chi connectivity index (χ2n) is 12.0. The van der Waals surface area contributed by atoms with Gasteiger partial charge in [-0.15, -0.1) is 0 Å². The molecular weight excluding hydrogens is 618 g/mol. The number of carbonyl (C=O) groups is 2. The molecule has 0 bridgehead atoms. The van der Waals surface area contributed by atoms with Gasteiger partial charge < -0.3 is 30.5 Å². The Hall–Kier alpha value is -5.93. The van der Waals surface area contributed by atoms with Gasteiger partial charge in [-0.25, -0.2) is 19.7 Å². The van der Waals surface area contributed by atoms with Gasteiger partial charge in [-0.1, -0.05) is 42.5 Å². The Kier molecular flexibility index (Phi) is 11.4. The normalized spacial score (nSPS) is 12.5. The van der Waals surface area contributed by atoms with E-state index in [4.69, 9.17) is 4.74 Å². The van der Waals surface area contributed by atoms with Crippen LogP contribution in [-0.2, 0) is 11.3 Å². The molecule has 1 fully saturated rings. The molecule has 0 aliphatic heterocycles. The van der Waals surface area contributed by atoms with Crippen molar-refractivity contribution in [1.82, 2.24) is 20.2 Å². The predicted octanol–water partition coefficient (Wildman–Crippen LogP) is 6.07. The Bertz CT molecular complexity index is 1830. The molecule has 1 saturated carbocycles. The number of rotatable bonds is 14. The fraction of sp³-hybridized carbons (Fsp3) is 0.270. The highest BCUT2D eigenvalue weighted by Gasteiger charge is 2.23. The summed E-state index contributed by atoms with van der Waals surface area (Å²) < 4.78 is 5.71. The minimum Gasteiger partial charge on any atom is -0.494 e. The standard InChI is InChI=1S/C37H41N9O3/c1-44(2)17-18-45(3)30-15-16-32(33(21-30)49-4)43-34-22-35(41-25-40-34)46(37(48)39-24-27-9-6-5-7-10-27)31-12-8-11-29(20-31)42-36(47)28(23-38)19-26-13-14-26/h5-12,15-16,19-22,25-26H,13-14,17-18,24H2,1-4H3,(H,39,48)(H,42,47)(H,40,41,43)/b28-19-. The van der Waals surface area contributed by atoms with Crippen LogP contribution in [0.4, 0.5) is 39.2 Å². The van der Waals surface area contributed by atoms with Crippen molar-refractivity contribution in [3.05, 3.63) is 102 Å². The number of urea groups is 1. The molecule has 0 atom stereocenters. The Morgan fingerprint density at radius 3 is 2.47 bits per heavy atom. The minimum atomic E-state index is -0.496. The molecule has 1 aromatic heterocycles. The third-order valence-electron chi connectivity index (χ3n) is 7.89. The predicted molar refractivity (Wildman–Crippen MR) is 192 cm³/mol. The average molecular weight is 660 g/mol. The van der Waals surface area contributed by atoms with Crippen molar-refractivity contribution in [1.29, 1.82) is 5.26 Å². The maximum Gasteiger partial charge on any atom is 0.327 e. The van der Waals surface area contributed by atoms with Crippen LogP contribution in [-0.4, -0.2) is 68.1 Å². The lowest BCUT2D eigenvalue weighted by atomic mass is 10.2. The SMILES string of the molecule is COc1cc(N(C)CCN(C)C)ccc1Nc1cc(N(C(=O)NCc2ccccc2)c2cccc(NC(=O)/C(C#N)=C\C3CC3)c2)ncn1. The molecule has 1 heterocycles. The second kappa shape index (κ2) is 16.3. The van der Waals surface area contributed by atoms with Crippen LogP contribution >= 0.6 is 0 Å². The number of carbonyl (C=O) groups excluding carboxylic acids is 2. The highest BCUT2D eigenvalue weighted by atomic mass is 16.5. The summed E-state index contributed by atoms with van der Waals surface area (Å²) in [6.07, 6.45) is 5.04. The molecule has 5 rings (SSSR count). The molecule has 3 amide bonds. The number of nitrogens with one attached hydrogen (secondary N) is 3. The summed E-state index contributed by atoms with van der Waals surface area (Å²) >= 11 is 0. The molecular formula is C37H41N9O3. The zero-order valence-electron chi connectivity index (χ0n) is 28.2. The van der Waals surface area contributed by atoms with E-state index in [0.717, 1.165) is 37.2 Å². The van der Waals surface area contributed by atoms with E-state index in [1.165, 1.54) is 11.2 Å². The molecule has 49 heavy (non-hydrogen) atoms. The lowest BCUT2D eigenvalue weighted by Gasteiger charge is -2.24. The van der Waals surface area contributed by atoms with Crippen molar-refractivity contribution in [3.8, 4) is 11.8 Å². The van der Waals surface area contributed by atoms with Crippen LogP contribution < -0.4 is 30.5 Å². The fourth-order valence-corrected chi connectivity index (χ4v) is 4.97. The molecule has 0 spiro atoms. The number of likely N-dealkylation sites (N-methyl/N-ethyl adjacent to an activating group) is 2. The van der Waals surface area contributed by atoms with Crippen molar-refractivity contribution in [2.24, 2.45) is 5.92 Å².